The number of ether oxygens (including phenoxy) is 3. The molecule has 8 nitrogen and oxygen atoms in total. The Bertz CT molecular complexity index is 909. The molecule has 2 aromatic rings. The van der Waals surface area contributed by atoms with E-state index in [0.29, 0.717) is 5.02 Å². The summed E-state index contributed by atoms with van der Waals surface area (Å²) in [6, 6.07) is 8.85. The van der Waals surface area contributed by atoms with E-state index in [4.69, 9.17) is 54.1 Å². The molecule has 0 bridgehead atoms. The van der Waals surface area contributed by atoms with E-state index in [-0.39, 0.29) is 27.3 Å². The van der Waals surface area contributed by atoms with E-state index in [1.807, 2.05) is 0 Å². The Balaban J connectivity index is 1.88. The molecule has 0 amide bonds. The summed E-state index contributed by atoms with van der Waals surface area (Å²) in [7, 11) is 0. The van der Waals surface area contributed by atoms with Gasteiger partial charge in [0.15, 0.2) is 17.6 Å². The molecule has 5 atom stereocenters. The van der Waals surface area contributed by atoms with Crippen LogP contribution in [0.1, 0.15) is 0 Å². The molecule has 0 saturated carbocycles. The largest absolute Gasteiger partial charge is 0.479 e. The molecule has 0 unspecified atom stereocenters. The summed E-state index contributed by atoms with van der Waals surface area (Å²) >= 11 is 18.0. The molecule has 2 aromatic carbocycles. The highest BCUT2D eigenvalue weighted by Crippen LogP contribution is 2.39. The van der Waals surface area contributed by atoms with Crippen LogP contribution in [-0.4, -0.2) is 57.1 Å². The monoisotopic (exact) mass is 464 g/mol. The Morgan fingerprint density at radius 1 is 0.862 bits per heavy atom. The standard InChI is InChI=1S/C18H15Cl3O8/c19-7-1-3-10(9(21)5-7)27-11-4-2-8(20)6-12(11)28-18-15(24)13(22)14(23)16(29-18)17(25)26/h1-6,13-16,18,22-24H,(H,25,26)/t13-,14-,15+,16-,18+/m0/s1. The topological polar surface area (TPSA) is 126 Å². The molecule has 1 fully saturated rings. The molecule has 1 saturated heterocycles. The van der Waals surface area contributed by atoms with E-state index in [1.165, 1.54) is 30.3 Å². The minimum Gasteiger partial charge on any atom is -0.479 e. The van der Waals surface area contributed by atoms with Crippen molar-refractivity contribution in [2.24, 2.45) is 0 Å². The first-order chi connectivity index (χ1) is 13.7. The van der Waals surface area contributed by atoms with Crippen molar-refractivity contribution in [3.05, 3.63) is 51.5 Å². The summed E-state index contributed by atoms with van der Waals surface area (Å²) in [4.78, 5) is 11.2. The third-order valence-corrected chi connectivity index (χ3v) is 4.84. The fraction of sp³-hybridized carbons (Fsp3) is 0.278. The van der Waals surface area contributed by atoms with Crippen molar-refractivity contribution in [3.63, 3.8) is 0 Å². The Morgan fingerprint density at radius 2 is 1.48 bits per heavy atom. The van der Waals surface area contributed by atoms with Crippen molar-refractivity contribution < 1.29 is 39.4 Å². The number of hydrogen-bond acceptors (Lipinski definition) is 7. The predicted molar refractivity (Wildman–Crippen MR) is 103 cm³/mol. The lowest BCUT2D eigenvalue weighted by Gasteiger charge is -2.38. The Morgan fingerprint density at radius 3 is 2.10 bits per heavy atom. The summed E-state index contributed by atoms with van der Waals surface area (Å²) in [5.74, 6) is -1.21. The zero-order valence-electron chi connectivity index (χ0n) is 14.4. The highest BCUT2D eigenvalue weighted by atomic mass is 35.5. The second-order valence-corrected chi connectivity index (χ2v) is 7.40. The van der Waals surface area contributed by atoms with Crippen LogP contribution in [0.25, 0.3) is 0 Å². The van der Waals surface area contributed by atoms with Crippen LogP contribution >= 0.6 is 34.8 Å². The summed E-state index contributed by atoms with van der Waals surface area (Å²) in [5.41, 5.74) is 0. The minimum atomic E-state index is -1.84. The number of aliphatic hydroxyl groups excluding tert-OH is 3. The van der Waals surface area contributed by atoms with Crippen LogP contribution in [0.4, 0.5) is 0 Å². The van der Waals surface area contributed by atoms with Gasteiger partial charge in [0, 0.05) is 16.1 Å². The molecule has 0 aromatic heterocycles. The maximum atomic E-state index is 11.2. The van der Waals surface area contributed by atoms with Gasteiger partial charge in [0.25, 0.3) is 0 Å². The summed E-state index contributed by atoms with van der Waals surface area (Å²) in [6.45, 7) is 0. The first-order valence-corrected chi connectivity index (χ1v) is 9.32. The molecule has 1 heterocycles. The van der Waals surface area contributed by atoms with Gasteiger partial charge in [0.2, 0.25) is 6.29 Å². The number of carboxylic acids is 1. The normalized spacial score (nSPS) is 26.8. The van der Waals surface area contributed by atoms with E-state index in [2.05, 4.69) is 0 Å². The quantitative estimate of drug-likeness (QED) is 0.531. The Kier molecular flexibility index (Phi) is 6.75. The van der Waals surface area contributed by atoms with Crippen LogP contribution in [0, 0.1) is 0 Å². The van der Waals surface area contributed by atoms with Gasteiger partial charge in [-0.05, 0) is 30.3 Å². The van der Waals surface area contributed by atoms with Crippen molar-refractivity contribution in [2.45, 2.75) is 30.7 Å². The van der Waals surface area contributed by atoms with Gasteiger partial charge in [-0.1, -0.05) is 34.8 Å². The summed E-state index contributed by atoms with van der Waals surface area (Å²) < 4.78 is 16.3. The zero-order valence-corrected chi connectivity index (χ0v) is 16.7. The minimum absolute atomic E-state index is 0.0275. The SMILES string of the molecule is O=C(O)[C@H]1O[C@@H](Oc2cc(Cl)ccc2Oc2ccc(Cl)cc2Cl)[C@H](O)[C@@H](O)[C@@H]1O. The fourth-order valence-electron chi connectivity index (χ4n) is 2.61. The second kappa shape index (κ2) is 8.93. The maximum absolute atomic E-state index is 11.2. The first-order valence-electron chi connectivity index (χ1n) is 8.19. The lowest BCUT2D eigenvalue weighted by molar-refractivity contribution is -0.271. The average molecular weight is 466 g/mol. The number of carbonyl (C=O) groups is 1. The van der Waals surface area contributed by atoms with E-state index >= 15 is 0 Å². The van der Waals surface area contributed by atoms with Crippen LogP contribution in [0.5, 0.6) is 17.2 Å². The van der Waals surface area contributed by atoms with Crippen molar-refractivity contribution in [1.82, 2.24) is 0 Å². The smallest absolute Gasteiger partial charge is 0.335 e. The van der Waals surface area contributed by atoms with E-state index in [1.54, 1.807) is 6.07 Å². The molecule has 0 radical (unpaired) electrons. The molecule has 11 heteroatoms. The van der Waals surface area contributed by atoms with Gasteiger partial charge >= 0.3 is 5.97 Å². The van der Waals surface area contributed by atoms with Gasteiger partial charge in [-0.2, -0.15) is 0 Å². The van der Waals surface area contributed by atoms with Crippen molar-refractivity contribution in [2.75, 3.05) is 0 Å². The number of aliphatic carboxylic acids is 1. The molecule has 1 aliphatic heterocycles. The number of hydrogen-bond donors (Lipinski definition) is 4. The van der Waals surface area contributed by atoms with Crippen molar-refractivity contribution in [3.8, 4) is 17.2 Å². The third kappa shape index (κ3) is 4.87. The first kappa shape index (κ1) is 21.9. The third-order valence-electron chi connectivity index (χ3n) is 4.08. The van der Waals surface area contributed by atoms with Crippen LogP contribution < -0.4 is 9.47 Å². The van der Waals surface area contributed by atoms with Crippen LogP contribution in [0.2, 0.25) is 15.1 Å². The lowest BCUT2D eigenvalue weighted by Crippen LogP contribution is -2.61. The van der Waals surface area contributed by atoms with Gasteiger partial charge in [-0.15, -0.1) is 0 Å². The van der Waals surface area contributed by atoms with Gasteiger partial charge in [-0.25, -0.2) is 4.79 Å². The number of halogens is 3. The predicted octanol–water partition coefficient (Wildman–Crippen LogP) is 2.71. The van der Waals surface area contributed by atoms with Gasteiger partial charge in [0.1, 0.15) is 24.1 Å². The van der Waals surface area contributed by atoms with Gasteiger partial charge in [0.05, 0.1) is 5.02 Å². The van der Waals surface area contributed by atoms with E-state index in [9.17, 15) is 20.1 Å². The molecule has 0 aliphatic carbocycles. The van der Waals surface area contributed by atoms with Gasteiger partial charge in [-0.3, -0.25) is 0 Å². The van der Waals surface area contributed by atoms with E-state index < -0.39 is 36.7 Å². The molecule has 3 rings (SSSR count). The highest BCUT2D eigenvalue weighted by Gasteiger charge is 2.48. The molecule has 29 heavy (non-hydrogen) atoms. The highest BCUT2D eigenvalue weighted by molar-refractivity contribution is 6.35. The van der Waals surface area contributed by atoms with Crippen LogP contribution in [-0.2, 0) is 9.53 Å². The fourth-order valence-corrected chi connectivity index (χ4v) is 3.22. The number of carboxylic acid groups (broad SMARTS) is 1. The molecule has 1 aliphatic rings. The van der Waals surface area contributed by atoms with E-state index in [0.717, 1.165) is 0 Å². The van der Waals surface area contributed by atoms with Gasteiger partial charge < -0.3 is 34.6 Å². The molecular formula is C18H15Cl3O8. The maximum Gasteiger partial charge on any atom is 0.335 e. The summed E-state index contributed by atoms with van der Waals surface area (Å²) in [6.07, 6.45) is -8.84. The number of rotatable bonds is 5. The van der Waals surface area contributed by atoms with Crippen LogP contribution in [0.3, 0.4) is 0 Å². The Hall–Kier alpha value is -1.78. The molecule has 0 spiro atoms. The Labute approximate surface area is 179 Å². The number of aliphatic hydroxyl groups is 3. The second-order valence-electron chi connectivity index (χ2n) is 6.12. The number of benzene rings is 2. The molecular weight excluding hydrogens is 451 g/mol. The summed E-state index contributed by atoms with van der Waals surface area (Å²) in [5, 5.41) is 39.8. The zero-order chi connectivity index (χ0) is 21.3. The van der Waals surface area contributed by atoms with Crippen LogP contribution in [0.15, 0.2) is 36.4 Å². The van der Waals surface area contributed by atoms with Crippen molar-refractivity contribution >= 4 is 40.8 Å². The average Bonchev–Trinajstić information content (AvgIpc) is 2.66. The molecule has 4 N–H and O–H groups in total. The molecule has 156 valence electrons. The lowest BCUT2D eigenvalue weighted by atomic mass is 9.99. The van der Waals surface area contributed by atoms with Crippen molar-refractivity contribution in [1.29, 1.82) is 0 Å².